The zero-order valence-corrected chi connectivity index (χ0v) is 17.9. The summed E-state index contributed by atoms with van der Waals surface area (Å²) in [5, 5.41) is 5.55. The molecule has 168 valence electrons. The van der Waals surface area contributed by atoms with Gasteiger partial charge in [0, 0.05) is 12.1 Å². The van der Waals surface area contributed by atoms with Crippen molar-refractivity contribution in [2.24, 2.45) is 0 Å². The minimum absolute atomic E-state index is 0.0920. The maximum Gasteiger partial charge on any atom is 0.262 e. The predicted octanol–water partition coefficient (Wildman–Crippen LogP) is 3.57. The second-order valence-electron chi connectivity index (χ2n) is 7.34. The number of carbonyl (C=O) groups excluding carboxylic acids is 3. The molecule has 0 bridgehead atoms. The Bertz CT molecular complexity index is 1210. The average Bonchev–Trinajstić information content (AvgIpc) is 3.30. The van der Waals surface area contributed by atoms with Crippen LogP contribution in [0.25, 0.3) is 0 Å². The molecule has 8 nitrogen and oxygen atoms in total. The van der Waals surface area contributed by atoms with Gasteiger partial charge in [-0.3, -0.25) is 14.4 Å². The van der Waals surface area contributed by atoms with Gasteiger partial charge in [-0.1, -0.05) is 30.3 Å². The Balaban J connectivity index is 1.35. The third kappa shape index (κ3) is 5.48. The summed E-state index contributed by atoms with van der Waals surface area (Å²) >= 11 is 0. The zero-order chi connectivity index (χ0) is 23.2. The number of para-hydroxylation sites is 1. The summed E-state index contributed by atoms with van der Waals surface area (Å²) in [6.45, 7) is 1.66. The normalized spacial score (nSPS) is 11.5. The van der Waals surface area contributed by atoms with Crippen LogP contribution in [0.1, 0.15) is 33.2 Å². The van der Waals surface area contributed by atoms with Gasteiger partial charge >= 0.3 is 0 Å². The highest BCUT2D eigenvalue weighted by Crippen LogP contribution is 2.32. The van der Waals surface area contributed by atoms with Crippen LogP contribution in [-0.4, -0.2) is 31.0 Å². The van der Waals surface area contributed by atoms with Crippen molar-refractivity contribution in [1.29, 1.82) is 0 Å². The molecule has 3 aromatic rings. The molecule has 33 heavy (non-hydrogen) atoms. The Hall–Kier alpha value is -4.33. The summed E-state index contributed by atoms with van der Waals surface area (Å²) in [6.07, 6.45) is 0. The van der Waals surface area contributed by atoms with Crippen molar-refractivity contribution in [1.82, 2.24) is 5.32 Å². The largest absolute Gasteiger partial charge is 0.484 e. The van der Waals surface area contributed by atoms with Gasteiger partial charge in [0.1, 0.15) is 5.75 Å². The number of rotatable bonds is 8. The molecular formula is C25H22N2O6. The quantitative estimate of drug-likeness (QED) is 0.513. The topological polar surface area (TPSA) is 103 Å². The Labute approximate surface area is 190 Å². The Morgan fingerprint density at radius 2 is 1.76 bits per heavy atom. The molecule has 0 fully saturated rings. The van der Waals surface area contributed by atoms with E-state index in [1.165, 1.54) is 6.92 Å². The third-order valence-electron chi connectivity index (χ3n) is 4.95. The first-order valence-corrected chi connectivity index (χ1v) is 10.3. The van der Waals surface area contributed by atoms with Gasteiger partial charge in [0.05, 0.1) is 11.3 Å². The molecule has 0 radical (unpaired) electrons. The summed E-state index contributed by atoms with van der Waals surface area (Å²) in [7, 11) is 0. The van der Waals surface area contributed by atoms with E-state index in [1.54, 1.807) is 54.6 Å². The van der Waals surface area contributed by atoms with E-state index in [0.29, 0.717) is 34.1 Å². The lowest BCUT2D eigenvalue weighted by molar-refractivity contribution is -0.118. The van der Waals surface area contributed by atoms with Gasteiger partial charge in [-0.2, -0.15) is 0 Å². The zero-order valence-electron chi connectivity index (χ0n) is 17.9. The maximum absolute atomic E-state index is 12.8. The lowest BCUT2D eigenvalue weighted by Crippen LogP contribution is -2.26. The van der Waals surface area contributed by atoms with Crippen molar-refractivity contribution in [3.8, 4) is 17.2 Å². The van der Waals surface area contributed by atoms with E-state index in [2.05, 4.69) is 10.6 Å². The standard InChI is InChI=1S/C25H22N2O6/c1-16(28)18-5-4-6-19(12-18)31-14-24(29)27-21-8-3-2-7-20(21)25(30)26-13-17-9-10-22-23(11-17)33-15-32-22/h2-12H,13-15H2,1H3,(H,26,30)(H,27,29). The number of benzene rings is 3. The van der Waals surface area contributed by atoms with Gasteiger partial charge in [0.25, 0.3) is 11.8 Å². The number of carbonyl (C=O) groups is 3. The maximum atomic E-state index is 12.8. The second kappa shape index (κ2) is 9.86. The van der Waals surface area contributed by atoms with Crippen molar-refractivity contribution < 1.29 is 28.6 Å². The van der Waals surface area contributed by atoms with E-state index < -0.39 is 5.91 Å². The van der Waals surface area contributed by atoms with Gasteiger partial charge in [-0.15, -0.1) is 0 Å². The molecule has 0 unspecified atom stereocenters. The molecule has 0 aliphatic carbocycles. The van der Waals surface area contributed by atoms with E-state index in [1.807, 2.05) is 12.1 Å². The lowest BCUT2D eigenvalue weighted by atomic mass is 10.1. The van der Waals surface area contributed by atoms with E-state index in [-0.39, 0.29) is 31.6 Å². The number of ether oxygens (including phenoxy) is 3. The van der Waals surface area contributed by atoms with Crippen molar-refractivity contribution >= 4 is 23.3 Å². The van der Waals surface area contributed by atoms with Crippen molar-refractivity contribution in [2.75, 3.05) is 18.7 Å². The van der Waals surface area contributed by atoms with Crippen LogP contribution in [-0.2, 0) is 11.3 Å². The summed E-state index contributed by atoms with van der Waals surface area (Å²) in [6, 6.07) is 18.8. The molecule has 2 amide bonds. The fraction of sp³-hybridized carbons (Fsp3) is 0.160. The van der Waals surface area contributed by atoms with Crippen LogP contribution in [0.3, 0.4) is 0 Å². The summed E-state index contributed by atoms with van der Waals surface area (Å²) in [4.78, 5) is 36.6. The number of Topliss-reactive ketones (excluding diaryl/α,β-unsaturated/α-hetero) is 1. The minimum Gasteiger partial charge on any atom is -0.484 e. The predicted molar refractivity (Wildman–Crippen MR) is 121 cm³/mol. The molecule has 0 spiro atoms. The fourth-order valence-corrected chi connectivity index (χ4v) is 3.26. The molecule has 1 aliphatic rings. The molecule has 0 saturated carbocycles. The molecule has 1 heterocycles. The van der Waals surface area contributed by atoms with E-state index in [4.69, 9.17) is 14.2 Å². The molecule has 0 aromatic heterocycles. The lowest BCUT2D eigenvalue weighted by Gasteiger charge is -2.12. The highest BCUT2D eigenvalue weighted by atomic mass is 16.7. The van der Waals surface area contributed by atoms with Crippen molar-refractivity contribution in [2.45, 2.75) is 13.5 Å². The number of amides is 2. The molecule has 0 saturated heterocycles. The Morgan fingerprint density at radius 3 is 2.61 bits per heavy atom. The third-order valence-corrected chi connectivity index (χ3v) is 4.95. The van der Waals surface area contributed by atoms with Crippen LogP contribution >= 0.6 is 0 Å². The molecule has 4 rings (SSSR count). The number of ketones is 1. The Kier molecular flexibility index (Phi) is 6.54. The van der Waals surface area contributed by atoms with Crippen molar-refractivity contribution in [3.63, 3.8) is 0 Å². The first kappa shape index (κ1) is 21.9. The average molecular weight is 446 g/mol. The number of nitrogens with one attached hydrogen (secondary N) is 2. The Morgan fingerprint density at radius 1 is 0.939 bits per heavy atom. The smallest absolute Gasteiger partial charge is 0.262 e. The molecule has 2 N–H and O–H groups in total. The van der Waals surface area contributed by atoms with Crippen LogP contribution in [0, 0.1) is 0 Å². The monoisotopic (exact) mass is 446 g/mol. The van der Waals surface area contributed by atoms with E-state index >= 15 is 0 Å². The summed E-state index contributed by atoms with van der Waals surface area (Å²) in [5.74, 6) is 0.868. The van der Waals surface area contributed by atoms with Gasteiger partial charge in [-0.05, 0) is 48.9 Å². The number of anilines is 1. The van der Waals surface area contributed by atoms with Crippen LogP contribution in [0.4, 0.5) is 5.69 Å². The summed E-state index contributed by atoms with van der Waals surface area (Å²) < 4.78 is 16.1. The molecule has 0 atom stereocenters. The number of hydrogen-bond acceptors (Lipinski definition) is 6. The second-order valence-corrected chi connectivity index (χ2v) is 7.34. The first-order valence-electron chi connectivity index (χ1n) is 10.3. The van der Waals surface area contributed by atoms with Gasteiger partial charge in [0.2, 0.25) is 6.79 Å². The fourth-order valence-electron chi connectivity index (χ4n) is 3.26. The van der Waals surface area contributed by atoms with Gasteiger partial charge in [0.15, 0.2) is 23.9 Å². The number of fused-ring (bicyclic) bond motifs is 1. The minimum atomic E-state index is -0.431. The molecule has 8 heteroatoms. The SMILES string of the molecule is CC(=O)c1cccc(OCC(=O)Nc2ccccc2C(=O)NCc2ccc3c(c2)OCO3)c1. The van der Waals surface area contributed by atoms with E-state index in [9.17, 15) is 14.4 Å². The van der Waals surface area contributed by atoms with Crippen LogP contribution in [0.15, 0.2) is 66.7 Å². The molecule has 1 aliphatic heterocycles. The van der Waals surface area contributed by atoms with Crippen molar-refractivity contribution in [3.05, 3.63) is 83.4 Å². The van der Waals surface area contributed by atoms with Gasteiger partial charge < -0.3 is 24.8 Å². The molecular weight excluding hydrogens is 424 g/mol. The highest BCUT2D eigenvalue weighted by Gasteiger charge is 2.16. The van der Waals surface area contributed by atoms with Crippen LogP contribution in [0.5, 0.6) is 17.2 Å². The van der Waals surface area contributed by atoms with Gasteiger partial charge in [-0.25, -0.2) is 0 Å². The highest BCUT2D eigenvalue weighted by molar-refractivity contribution is 6.04. The summed E-state index contributed by atoms with van der Waals surface area (Å²) in [5.41, 5.74) is 2.05. The molecule has 3 aromatic carbocycles. The number of hydrogen-bond donors (Lipinski definition) is 2. The van der Waals surface area contributed by atoms with E-state index in [0.717, 1.165) is 5.56 Å². The van der Waals surface area contributed by atoms with Crippen LogP contribution in [0.2, 0.25) is 0 Å². The first-order chi connectivity index (χ1) is 16.0. The van der Waals surface area contributed by atoms with Crippen LogP contribution < -0.4 is 24.8 Å².